The number of amides is 1. The van der Waals surface area contributed by atoms with Crippen molar-refractivity contribution in [3.8, 4) is 23.1 Å². The summed E-state index contributed by atoms with van der Waals surface area (Å²) in [5, 5.41) is 7.65. The number of piperazine rings is 1. The highest BCUT2D eigenvalue weighted by atomic mass is 35.5. The molecule has 44 heavy (non-hydrogen) atoms. The van der Waals surface area contributed by atoms with E-state index in [1.54, 1.807) is 44.2 Å². The number of halogens is 1. The number of aromatic nitrogens is 4. The number of nitrogens with zero attached hydrogens (tertiary/aromatic N) is 6. The second kappa shape index (κ2) is 13.5. The normalized spacial score (nSPS) is 14.8. The number of hydrogen-bond acceptors (Lipinski definition) is 12. The number of rotatable bonds is 10. The molecule has 1 fully saturated rings. The number of anilines is 2. The van der Waals surface area contributed by atoms with Gasteiger partial charge in [-0.15, -0.1) is 0 Å². The van der Waals surface area contributed by atoms with Crippen molar-refractivity contribution < 1.29 is 19.0 Å². The van der Waals surface area contributed by atoms with E-state index in [1.807, 2.05) is 34.1 Å². The van der Waals surface area contributed by atoms with Gasteiger partial charge in [0.05, 0.1) is 49.9 Å². The lowest BCUT2D eigenvalue weighted by Gasteiger charge is -2.35. The zero-order valence-corrected chi connectivity index (χ0v) is 25.9. The van der Waals surface area contributed by atoms with Crippen molar-refractivity contribution in [1.29, 1.82) is 0 Å². The molecule has 230 valence electrons. The van der Waals surface area contributed by atoms with E-state index in [0.717, 1.165) is 34.3 Å². The van der Waals surface area contributed by atoms with Crippen molar-refractivity contribution in [3.63, 3.8) is 0 Å². The van der Waals surface area contributed by atoms with Crippen molar-refractivity contribution >= 4 is 57.2 Å². The first-order valence-corrected chi connectivity index (χ1v) is 15.4. The molecular weight excluding hydrogens is 606 g/mol. The lowest BCUT2D eigenvalue weighted by atomic mass is 10.3. The molecule has 13 nitrogen and oxygen atoms in total. The molecule has 3 N–H and O–H groups in total. The minimum absolute atomic E-state index is 0.0362. The quantitative estimate of drug-likeness (QED) is 0.234. The van der Waals surface area contributed by atoms with E-state index in [2.05, 4.69) is 25.6 Å². The molecule has 1 amide bonds. The van der Waals surface area contributed by atoms with Crippen LogP contribution in [0.25, 0.3) is 11.0 Å². The van der Waals surface area contributed by atoms with Crippen molar-refractivity contribution in [3.05, 3.63) is 53.3 Å². The van der Waals surface area contributed by atoms with E-state index in [9.17, 15) is 4.79 Å². The van der Waals surface area contributed by atoms with Crippen LogP contribution in [0.5, 0.6) is 23.1 Å². The molecule has 4 heterocycles. The van der Waals surface area contributed by atoms with Gasteiger partial charge in [-0.3, -0.25) is 9.79 Å². The van der Waals surface area contributed by atoms with Gasteiger partial charge in [0, 0.05) is 50.1 Å². The summed E-state index contributed by atoms with van der Waals surface area (Å²) in [5.41, 5.74) is 1.84. The molecule has 0 unspecified atom stereocenters. The molecule has 2 aliphatic heterocycles. The van der Waals surface area contributed by atoms with Crippen LogP contribution in [0.1, 0.15) is 5.82 Å². The van der Waals surface area contributed by atoms with Crippen LogP contribution in [-0.4, -0.2) is 95.2 Å². The standard InChI is InChI=1S/C29H32ClN9O4S/c1-41-22-13-18(30)21(14-23(22)42-2)43-26-15-24(32-16-25-34-19-5-3-4-6-20(19)35-25)36-28(37-26)39-10-8-38(9-11-39)27(40)17-33-29-31-7-12-44-29/h3-6,13-15H,7-12,16-17H2,1-2H3,(H,31,33)(H,34,35)(H,32,36,37). The van der Waals surface area contributed by atoms with Gasteiger partial charge < -0.3 is 39.6 Å². The van der Waals surface area contributed by atoms with Crippen LogP contribution >= 0.6 is 23.4 Å². The maximum Gasteiger partial charge on any atom is 0.242 e. The van der Waals surface area contributed by atoms with E-state index >= 15 is 0 Å². The number of methoxy groups -OCH3 is 2. The first kappa shape index (κ1) is 29.6. The Morgan fingerprint density at radius 3 is 2.55 bits per heavy atom. The monoisotopic (exact) mass is 637 g/mol. The molecule has 0 saturated carbocycles. The summed E-state index contributed by atoms with van der Waals surface area (Å²) in [6.45, 7) is 3.62. The molecule has 0 radical (unpaired) electrons. The van der Waals surface area contributed by atoms with Crippen LogP contribution in [0.15, 0.2) is 47.5 Å². The topological polar surface area (TPSA) is 142 Å². The molecule has 0 spiro atoms. The summed E-state index contributed by atoms with van der Waals surface area (Å²) in [6.07, 6.45) is 0. The van der Waals surface area contributed by atoms with Gasteiger partial charge >= 0.3 is 0 Å². The number of aromatic amines is 1. The first-order chi connectivity index (χ1) is 21.5. The number of carbonyl (C=O) groups excluding carboxylic acids is 1. The highest BCUT2D eigenvalue weighted by Crippen LogP contribution is 2.39. The van der Waals surface area contributed by atoms with Crippen LogP contribution in [0, 0.1) is 0 Å². The van der Waals surface area contributed by atoms with Gasteiger partial charge in [0.1, 0.15) is 11.6 Å². The molecule has 0 atom stereocenters. The summed E-state index contributed by atoms with van der Waals surface area (Å²) in [7, 11) is 3.08. The Labute approximate surface area is 263 Å². The van der Waals surface area contributed by atoms with Gasteiger partial charge in [-0.2, -0.15) is 9.97 Å². The summed E-state index contributed by atoms with van der Waals surface area (Å²) in [4.78, 5) is 38.5. The molecule has 4 aromatic rings. The summed E-state index contributed by atoms with van der Waals surface area (Å²) in [5.74, 6) is 4.35. The van der Waals surface area contributed by atoms with Crippen LogP contribution < -0.4 is 29.7 Å². The summed E-state index contributed by atoms with van der Waals surface area (Å²) < 4.78 is 16.9. The Hall–Kier alpha value is -4.43. The van der Waals surface area contributed by atoms with E-state index in [4.69, 9.17) is 35.8 Å². The van der Waals surface area contributed by atoms with Gasteiger partial charge in [-0.05, 0) is 12.1 Å². The molecule has 0 aliphatic carbocycles. The number of fused-ring (bicyclic) bond motifs is 1. The zero-order valence-electron chi connectivity index (χ0n) is 24.3. The molecule has 15 heteroatoms. The maximum atomic E-state index is 12.8. The lowest BCUT2D eigenvalue weighted by Crippen LogP contribution is -2.51. The van der Waals surface area contributed by atoms with Crippen LogP contribution in [0.3, 0.4) is 0 Å². The number of nitrogens with one attached hydrogen (secondary N) is 3. The Balaban J connectivity index is 1.19. The highest BCUT2D eigenvalue weighted by molar-refractivity contribution is 8.14. The fraction of sp³-hybridized carbons (Fsp3) is 0.345. The number of imidazole rings is 1. The number of ether oxygens (including phenoxy) is 3. The van der Waals surface area contributed by atoms with Crippen LogP contribution in [-0.2, 0) is 11.3 Å². The number of thioether (sulfide) groups is 1. The molecule has 2 aliphatic rings. The molecule has 6 rings (SSSR count). The van der Waals surface area contributed by atoms with E-state index < -0.39 is 0 Å². The third-order valence-electron chi connectivity index (χ3n) is 7.11. The predicted molar refractivity (Wildman–Crippen MR) is 172 cm³/mol. The van der Waals surface area contributed by atoms with Crippen molar-refractivity contribution in [2.45, 2.75) is 6.54 Å². The van der Waals surface area contributed by atoms with E-state index in [1.165, 1.54) is 0 Å². The smallest absolute Gasteiger partial charge is 0.242 e. The molecular formula is C29H32ClN9O4S. The zero-order chi connectivity index (χ0) is 30.5. The largest absolute Gasteiger partial charge is 0.493 e. The van der Waals surface area contributed by atoms with Crippen molar-refractivity contribution in [2.75, 3.05) is 69.5 Å². The minimum Gasteiger partial charge on any atom is -0.493 e. The Bertz CT molecular complexity index is 1640. The van der Waals surface area contributed by atoms with Gasteiger partial charge in [0.2, 0.25) is 17.7 Å². The molecule has 2 aromatic carbocycles. The average Bonchev–Trinajstić information content (AvgIpc) is 3.73. The predicted octanol–water partition coefficient (Wildman–Crippen LogP) is 3.77. The van der Waals surface area contributed by atoms with Crippen LogP contribution in [0.2, 0.25) is 5.02 Å². The molecule has 2 aromatic heterocycles. The van der Waals surface area contributed by atoms with E-state index in [-0.39, 0.29) is 18.3 Å². The second-order valence-electron chi connectivity index (χ2n) is 9.94. The number of carbonyl (C=O) groups is 1. The Kier molecular flexibility index (Phi) is 9.07. The number of para-hydroxylation sites is 2. The third-order valence-corrected chi connectivity index (χ3v) is 8.34. The second-order valence-corrected chi connectivity index (χ2v) is 11.4. The minimum atomic E-state index is 0.0362. The molecule has 0 bridgehead atoms. The number of hydrogen-bond donors (Lipinski definition) is 3. The van der Waals surface area contributed by atoms with Crippen molar-refractivity contribution in [2.24, 2.45) is 4.99 Å². The lowest BCUT2D eigenvalue weighted by molar-refractivity contribution is -0.130. The first-order valence-electron chi connectivity index (χ1n) is 14.1. The summed E-state index contributed by atoms with van der Waals surface area (Å²) >= 11 is 8.15. The number of H-pyrrole nitrogens is 1. The Morgan fingerprint density at radius 1 is 1.00 bits per heavy atom. The van der Waals surface area contributed by atoms with Crippen LogP contribution in [0.4, 0.5) is 11.8 Å². The number of amidine groups is 1. The third kappa shape index (κ3) is 6.86. The van der Waals surface area contributed by atoms with Crippen molar-refractivity contribution in [1.82, 2.24) is 30.2 Å². The average molecular weight is 638 g/mol. The maximum absolute atomic E-state index is 12.8. The fourth-order valence-corrected chi connectivity index (χ4v) is 5.77. The molecule has 1 saturated heterocycles. The Morgan fingerprint density at radius 2 is 1.80 bits per heavy atom. The summed E-state index contributed by atoms with van der Waals surface area (Å²) in [6, 6.07) is 12.8. The van der Waals surface area contributed by atoms with Gasteiger partial charge in [-0.25, -0.2) is 4.98 Å². The van der Waals surface area contributed by atoms with E-state index in [0.29, 0.717) is 66.8 Å². The number of aliphatic imine (C=N–C) groups is 1. The van der Waals surface area contributed by atoms with Gasteiger partial charge in [0.25, 0.3) is 0 Å². The van der Waals surface area contributed by atoms with Gasteiger partial charge in [0.15, 0.2) is 22.4 Å². The highest BCUT2D eigenvalue weighted by Gasteiger charge is 2.24. The number of benzene rings is 2. The fourth-order valence-electron chi connectivity index (χ4n) is 4.85. The van der Waals surface area contributed by atoms with Gasteiger partial charge in [-0.1, -0.05) is 35.5 Å². The SMILES string of the molecule is COc1cc(Cl)c(Oc2cc(NCc3nc4ccccc4[nH]3)nc(N3CCN(C(=O)CNC4=NCCS4)CC3)n2)cc1OC.